The van der Waals surface area contributed by atoms with Gasteiger partial charge in [-0.1, -0.05) is 41.6 Å². The molecular weight excluding hydrogens is 368 g/mol. The summed E-state index contributed by atoms with van der Waals surface area (Å²) < 4.78 is 0. The molecule has 3 aromatic rings. The predicted octanol–water partition coefficient (Wildman–Crippen LogP) is 4.20. The molecule has 0 spiro atoms. The molecular formula is C19H17ClN4OS. The van der Waals surface area contributed by atoms with Gasteiger partial charge in [-0.15, -0.1) is 5.10 Å². The predicted molar refractivity (Wildman–Crippen MR) is 105 cm³/mol. The highest BCUT2D eigenvalue weighted by molar-refractivity contribution is 7.99. The summed E-state index contributed by atoms with van der Waals surface area (Å²) in [6, 6.07) is 15.5. The molecule has 132 valence electrons. The number of fused-ring (bicyclic) bond motifs is 1. The highest BCUT2D eigenvalue weighted by atomic mass is 35.5. The lowest BCUT2D eigenvalue weighted by atomic mass is 10.0. The Kier molecular flexibility index (Phi) is 4.95. The first-order valence-corrected chi connectivity index (χ1v) is 9.76. The first-order valence-electron chi connectivity index (χ1n) is 8.40. The number of carbonyl (C=O) groups is 1. The fourth-order valence-electron chi connectivity index (χ4n) is 3.04. The standard InChI is InChI=1S/C19H17ClN4OS/c20-15-9-7-14(8-10-15)18-21-19(23-22-18)26-12-17(25)24-11-3-5-13-4-1-2-6-16(13)24/h1-2,4,6-10H,3,5,11-12H2,(H,21,22,23). The van der Waals surface area contributed by atoms with Crippen LogP contribution in [0.15, 0.2) is 53.7 Å². The summed E-state index contributed by atoms with van der Waals surface area (Å²) in [5.41, 5.74) is 3.17. The van der Waals surface area contributed by atoms with Gasteiger partial charge in [-0.2, -0.15) is 0 Å². The highest BCUT2D eigenvalue weighted by Gasteiger charge is 2.22. The fraction of sp³-hybridized carbons (Fsp3) is 0.211. The van der Waals surface area contributed by atoms with E-state index < -0.39 is 0 Å². The summed E-state index contributed by atoms with van der Waals surface area (Å²) in [7, 11) is 0. The third-order valence-electron chi connectivity index (χ3n) is 4.32. The van der Waals surface area contributed by atoms with Crippen LogP contribution in [0.2, 0.25) is 5.02 Å². The van der Waals surface area contributed by atoms with Crippen LogP contribution < -0.4 is 4.90 Å². The number of para-hydroxylation sites is 1. The number of H-pyrrole nitrogens is 1. The number of aryl methyl sites for hydroxylation is 1. The van der Waals surface area contributed by atoms with Gasteiger partial charge in [0.15, 0.2) is 5.82 Å². The summed E-state index contributed by atoms with van der Waals surface area (Å²) in [5, 5.41) is 8.35. The van der Waals surface area contributed by atoms with E-state index in [2.05, 4.69) is 21.2 Å². The molecule has 2 aromatic carbocycles. The van der Waals surface area contributed by atoms with Crippen molar-refractivity contribution in [3.8, 4) is 11.4 Å². The maximum Gasteiger partial charge on any atom is 0.237 e. The van der Waals surface area contributed by atoms with E-state index in [0.717, 1.165) is 30.6 Å². The Bertz CT molecular complexity index is 925. The minimum atomic E-state index is 0.0833. The van der Waals surface area contributed by atoms with Gasteiger partial charge in [0.05, 0.1) is 5.75 Å². The lowest BCUT2D eigenvalue weighted by Gasteiger charge is -2.29. The molecule has 0 radical (unpaired) electrons. The quantitative estimate of drug-likeness (QED) is 0.685. The van der Waals surface area contributed by atoms with E-state index in [9.17, 15) is 4.79 Å². The van der Waals surface area contributed by atoms with Crippen molar-refractivity contribution in [1.82, 2.24) is 15.2 Å². The summed E-state index contributed by atoms with van der Waals surface area (Å²) in [5.74, 6) is 1.06. The lowest BCUT2D eigenvalue weighted by molar-refractivity contribution is -0.116. The Hall–Kier alpha value is -2.31. The molecule has 0 bridgehead atoms. The number of hydrogen-bond donors (Lipinski definition) is 1. The molecule has 1 N–H and O–H groups in total. The molecule has 0 saturated heterocycles. The van der Waals surface area contributed by atoms with Gasteiger partial charge in [0, 0.05) is 22.8 Å². The van der Waals surface area contributed by atoms with E-state index in [-0.39, 0.29) is 5.91 Å². The molecule has 2 heterocycles. The van der Waals surface area contributed by atoms with Crippen molar-refractivity contribution >= 4 is 35.0 Å². The Morgan fingerprint density at radius 3 is 2.85 bits per heavy atom. The highest BCUT2D eigenvalue weighted by Crippen LogP contribution is 2.28. The van der Waals surface area contributed by atoms with Gasteiger partial charge in [-0.25, -0.2) is 4.98 Å². The van der Waals surface area contributed by atoms with Crippen LogP contribution in [0.25, 0.3) is 11.4 Å². The topological polar surface area (TPSA) is 61.9 Å². The maximum atomic E-state index is 12.7. The van der Waals surface area contributed by atoms with Gasteiger partial charge >= 0.3 is 0 Å². The third-order valence-corrected chi connectivity index (χ3v) is 5.40. The second-order valence-corrected chi connectivity index (χ2v) is 7.42. The van der Waals surface area contributed by atoms with Crippen molar-refractivity contribution in [2.45, 2.75) is 18.0 Å². The van der Waals surface area contributed by atoms with Crippen LogP contribution >= 0.6 is 23.4 Å². The zero-order chi connectivity index (χ0) is 17.9. The van der Waals surface area contributed by atoms with Crippen molar-refractivity contribution in [2.24, 2.45) is 0 Å². The van der Waals surface area contributed by atoms with Crippen LogP contribution in [0.4, 0.5) is 5.69 Å². The van der Waals surface area contributed by atoms with Crippen LogP contribution in [0, 0.1) is 0 Å². The number of benzene rings is 2. The number of amides is 1. The van der Waals surface area contributed by atoms with E-state index in [1.165, 1.54) is 17.3 Å². The van der Waals surface area contributed by atoms with Gasteiger partial charge in [0.1, 0.15) is 0 Å². The SMILES string of the molecule is O=C(CSc1n[nH]c(-c2ccc(Cl)cc2)n1)N1CCCc2ccccc21. The number of halogens is 1. The van der Waals surface area contributed by atoms with E-state index >= 15 is 0 Å². The van der Waals surface area contributed by atoms with Crippen LogP contribution in [0.1, 0.15) is 12.0 Å². The minimum Gasteiger partial charge on any atom is -0.311 e. The third kappa shape index (κ3) is 3.61. The lowest BCUT2D eigenvalue weighted by Crippen LogP contribution is -2.36. The smallest absolute Gasteiger partial charge is 0.237 e. The molecule has 1 aromatic heterocycles. The molecule has 26 heavy (non-hydrogen) atoms. The summed E-state index contributed by atoms with van der Waals surface area (Å²) in [6.07, 6.45) is 2.02. The van der Waals surface area contributed by atoms with Gasteiger partial charge in [-0.3, -0.25) is 9.89 Å². The Balaban J connectivity index is 1.42. The van der Waals surface area contributed by atoms with Crippen LogP contribution in [0.5, 0.6) is 0 Å². The molecule has 0 atom stereocenters. The van der Waals surface area contributed by atoms with Crippen LogP contribution in [-0.2, 0) is 11.2 Å². The second-order valence-electron chi connectivity index (χ2n) is 6.04. The van der Waals surface area contributed by atoms with Crippen molar-refractivity contribution in [3.05, 3.63) is 59.1 Å². The zero-order valence-electron chi connectivity index (χ0n) is 14.0. The van der Waals surface area contributed by atoms with Gasteiger partial charge in [0.2, 0.25) is 11.1 Å². The average Bonchev–Trinajstić information content (AvgIpc) is 3.15. The molecule has 1 aliphatic rings. The number of thioether (sulfide) groups is 1. The Morgan fingerprint density at radius 2 is 2.00 bits per heavy atom. The van der Waals surface area contributed by atoms with Crippen molar-refractivity contribution in [1.29, 1.82) is 0 Å². The molecule has 0 saturated carbocycles. The van der Waals surface area contributed by atoms with Crippen molar-refractivity contribution in [3.63, 3.8) is 0 Å². The number of anilines is 1. The summed E-state index contributed by atoms with van der Waals surface area (Å²) in [4.78, 5) is 19.0. The monoisotopic (exact) mass is 384 g/mol. The van der Waals surface area contributed by atoms with Crippen molar-refractivity contribution < 1.29 is 4.79 Å². The van der Waals surface area contributed by atoms with Gasteiger partial charge in [0.25, 0.3) is 0 Å². The number of aromatic nitrogens is 3. The molecule has 7 heteroatoms. The maximum absolute atomic E-state index is 12.7. The van der Waals surface area contributed by atoms with Crippen LogP contribution in [-0.4, -0.2) is 33.4 Å². The molecule has 5 nitrogen and oxygen atoms in total. The van der Waals surface area contributed by atoms with Crippen LogP contribution in [0.3, 0.4) is 0 Å². The molecule has 1 aliphatic heterocycles. The van der Waals surface area contributed by atoms with E-state index in [4.69, 9.17) is 11.6 Å². The molecule has 0 aliphatic carbocycles. The number of nitrogens with one attached hydrogen (secondary N) is 1. The number of rotatable bonds is 4. The molecule has 0 fully saturated rings. The average molecular weight is 385 g/mol. The molecule has 1 amide bonds. The normalized spacial score (nSPS) is 13.5. The van der Waals surface area contributed by atoms with Gasteiger partial charge in [-0.05, 0) is 48.7 Å². The summed E-state index contributed by atoms with van der Waals surface area (Å²) >= 11 is 7.25. The number of carbonyl (C=O) groups excluding carboxylic acids is 1. The van der Waals surface area contributed by atoms with E-state index in [0.29, 0.717) is 21.8 Å². The van der Waals surface area contributed by atoms with Gasteiger partial charge < -0.3 is 4.90 Å². The molecule has 4 rings (SSSR count). The molecule has 0 unspecified atom stereocenters. The first-order chi connectivity index (χ1) is 12.7. The van der Waals surface area contributed by atoms with E-state index in [1.807, 2.05) is 47.4 Å². The van der Waals surface area contributed by atoms with Crippen molar-refractivity contribution in [2.75, 3.05) is 17.2 Å². The Labute approximate surface area is 160 Å². The largest absolute Gasteiger partial charge is 0.311 e. The summed E-state index contributed by atoms with van der Waals surface area (Å²) in [6.45, 7) is 0.764. The first kappa shape index (κ1) is 17.1. The Morgan fingerprint density at radius 1 is 1.19 bits per heavy atom. The fourth-order valence-corrected chi connectivity index (χ4v) is 3.85. The zero-order valence-corrected chi connectivity index (χ0v) is 15.6. The second kappa shape index (κ2) is 7.51. The number of nitrogens with zero attached hydrogens (tertiary/aromatic N) is 3. The number of aromatic amines is 1. The number of hydrogen-bond acceptors (Lipinski definition) is 4. The van der Waals surface area contributed by atoms with E-state index in [1.54, 1.807) is 0 Å². The minimum absolute atomic E-state index is 0.0833.